The van der Waals surface area contributed by atoms with Crippen LogP contribution >= 0.6 is 0 Å². The number of nitrogens with zero attached hydrogens (tertiary/aromatic N) is 3. The van der Waals surface area contributed by atoms with Gasteiger partial charge in [0, 0.05) is 19.6 Å². The van der Waals surface area contributed by atoms with E-state index in [0.29, 0.717) is 24.6 Å². The van der Waals surface area contributed by atoms with E-state index in [0.717, 1.165) is 5.56 Å². The highest BCUT2D eigenvalue weighted by molar-refractivity contribution is 5.99. The van der Waals surface area contributed by atoms with Crippen molar-refractivity contribution in [1.82, 2.24) is 36.3 Å². The van der Waals surface area contributed by atoms with Gasteiger partial charge in [-0.1, -0.05) is 49.3 Å². The smallest absolute Gasteiger partial charge is 0.274 e. The predicted octanol–water partition coefficient (Wildman–Crippen LogP) is 0.745. The highest BCUT2D eigenvalue weighted by Gasteiger charge is 2.50. The molecule has 3 aromatic rings. The van der Waals surface area contributed by atoms with E-state index in [9.17, 15) is 19.2 Å². The van der Waals surface area contributed by atoms with Gasteiger partial charge in [0.15, 0.2) is 11.5 Å². The molecule has 3 heterocycles. The summed E-state index contributed by atoms with van der Waals surface area (Å²) in [6, 6.07) is 7.58. The number of Topliss-reactive ketones (excluding diaryl/α,β-unsaturated/α-hetero) is 1. The number of aromatic amines is 1. The molecule has 0 spiro atoms. The fourth-order valence-corrected chi connectivity index (χ4v) is 4.49. The Morgan fingerprint density at radius 1 is 1.05 bits per heavy atom. The summed E-state index contributed by atoms with van der Waals surface area (Å²) >= 11 is 0. The normalized spacial score (nSPS) is 18.0. The number of ether oxygens (including phenoxy) is 2. The van der Waals surface area contributed by atoms with Crippen LogP contribution in [0.15, 0.2) is 47.2 Å². The Hall–Kier alpha value is -4.43. The van der Waals surface area contributed by atoms with Crippen LogP contribution in [-0.2, 0) is 36.7 Å². The van der Waals surface area contributed by atoms with Crippen molar-refractivity contribution in [3.63, 3.8) is 0 Å². The molecule has 1 saturated heterocycles. The van der Waals surface area contributed by atoms with Crippen LogP contribution in [0.25, 0.3) is 0 Å². The molecule has 0 saturated carbocycles. The average Bonchev–Trinajstić information content (AvgIpc) is 3.33. The summed E-state index contributed by atoms with van der Waals surface area (Å²) in [5.74, 6) is -1.05. The molecule has 4 rings (SSSR count). The molecule has 0 bridgehead atoms. The Kier molecular flexibility index (Phi) is 10.4. The molecule has 1 aromatic carbocycles. The van der Waals surface area contributed by atoms with Crippen LogP contribution in [0.2, 0.25) is 0 Å². The third-order valence-electron chi connectivity index (χ3n) is 6.91. The third kappa shape index (κ3) is 8.78. The molecule has 0 radical (unpaired) electrons. The van der Waals surface area contributed by atoms with Gasteiger partial charge >= 0.3 is 0 Å². The van der Waals surface area contributed by atoms with Crippen molar-refractivity contribution in [2.24, 2.45) is 5.92 Å². The number of hydrogen-bond acceptors (Lipinski definition) is 10. The molecule has 43 heavy (non-hydrogen) atoms. The van der Waals surface area contributed by atoms with E-state index in [4.69, 9.17) is 14.0 Å². The van der Waals surface area contributed by atoms with Gasteiger partial charge in [-0.05, 0) is 24.8 Å². The summed E-state index contributed by atoms with van der Waals surface area (Å²) in [7, 11) is 1.38. The summed E-state index contributed by atoms with van der Waals surface area (Å²) in [5, 5.41) is 18.4. The Bertz CT molecular complexity index is 1390. The number of amides is 3. The Morgan fingerprint density at radius 3 is 2.37 bits per heavy atom. The standard InChI is InChI=1S/C29H37N7O7/c1-17(2)10-20(25(37)29(3)15-42-29)32-26(38)21(11-18-8-6-5-7-9-18)33-28(40)23(14-41-4)34-27(39)22-12-19(43-36-22)13-24-30-16-31-35-24/h5-9,12,16-17,20-21,23H,10-11,13-15H2,1-4H3,(H,32,38)(H,33,40)(H,34,39)(H,30,31,35)/t20?,21?,23?,29-/m1/s1. The summed E-state index contributed by atoms with van der Waals surface area (Å²) in [6.07, 6.45) is 2.15. The lowest BCUT2D eigenvalue weighted by Crippen LogP contribution is -2.58. The van der Waals surface area contributed by atoms with Crippen LogP contribution in [0.5, 0.6) is 0 Å². The second kappa shape index (κ2) is 14.2. The quantitative estimate of drug-likeness (QED) is 0.172. The molecule has 4 N–H and O–H groups in total. The topological polar surface area (TPSA) is 194 Å². The molecule has 230 valence electrons. The lowest BCUT2D eigenvalue weighted by atomic mass is 9.93. The SMILES string of the molecule is COCC(NC(=O)c1cc(Cc2ncn[nH]2)on1)C(=O)NC(Cc1ccccc1)C(=O)NC(CC(C)C)C(=O)[C@@]1(C)CO1. The van der Waals surface area contributed by atoms with Crippen molar-refractivity contribution in [2.75, 3.05) is 20.3 Å². The first-order chi connectivity index (χ1) is 20.6. The van der Waals surface area contributed by atoms with E-state index in [1.165, 1.54) is 19.5 Å². The lowest BCUT2D eigenvalue weighted by Gasteiger charge is -2.26. The van der Waals surface area contributed by atoms with E-state index < -0.39 is 41.4 Å². The average molecular weight is 596 g/mol. The van der Waals surface area contributed by atoms with E-state index in [-0.39, 0.29) is 36.8 Å². The van der Waals surface area contributed by atoms with Crippen LogP contribution < -0.4 is 16.0 Å². The fourth-order valence-electron chi connectivity index (χ4n) is 4.49. The summed E-state index contributed by atoms with van der Waals surface area (Å²) in [4.78, 5) is 57.2. The monoisotopic (exact) mass is 595 g/mol. The van der Waals surface area contributed by atoms with Gasteiger partial charge in [0.25, 0.3) is 5.91 Å². The zero-order valence-corrected chi connectivity index (χ0v) is 24.6. The van der Waals surface area contributed by atoms with Gasteiger partial charge in [-0.15, -0.1) is 0 Å². The molecule has 0 aliphatic carbocycles. The van der Waals surface area contributed by atoms with E-state index >= 15 is 0 Å². The second-order valence-electron chi connectivity index (χ2n) is 11.1. The number of hydrogen-bond donors (Lipinski definition) is 4. The summed E-state index contributed by atoms with van der Waals surface area (Å²) < 4.78 is 15.7. The number of methoxy groups -OCH3 is 1. The van der Waals surface area contributed by atoms with E-state index in [2.05, 4.69) is 36.3 Å². The molecule has 2 aromatic heterocycles. The van der Waals surface area contributed by atoms with Crippen LogP contribution in [-0.4, -0.2) is 87.9 Å². The van der Waals surface area contributed by atoms with Gasteiger partial charge in [0.1, 0.15) is 35.6 Å². The highest BCUT2D eigenvalue weighted by atomic mass is 16.6. The number of rotatable bonds is 16. The highest BCUT2D eigenvalue weighted by Crippen LogP contribution is 2.29. The zero-order valence-electron chi connectivity index (χ0n) is 24.6. The molecular formula is C29H37N7O7. The summed E-state index contributed by atoms with van der Waals surface area (Å²) in [5.41, 5.74) is -0.177. The second-order valence-corrected chi connectivity index (χ2v) is 11.1. The predicted molar refractivity (Wildman–Crippen MR) is 152 cm³/mol. The minimum Gasteiger partial charge on any atom is -0.382 e. The third-order valence-corrected chi connectivity index (χ3v) is 6.91. The number of carbonyl (C=O) groups is 4. The number of epoxide rings is 1. The molecule has 14 heteroatoms. The number of H-pyrrole nitrogens is 1. The maximum absolute atomic E-state index is 13.6. The van der Waals surface area contributed by atoms with Crippen molar-refractivity contribution in [1.29, 1.82) is 0 Å². The molecule has 1 aliphatic heterocycles. The van der Waals surface area contributed by atoms with Crippen molar-refractivity contribution in [3.8, 4) is 0 Å². The zero-order chi connectivity index (χ0) is 31.0. The van der Waals surface area contributed by atoms with Gasteiger partial charge in [0.2, 0.25) is 11.8 Å². The van der Waals surface area contributed by atoms with Crippen LogP contribution in [0, 0.1) is 5.92 Å². The van der Waals surface area contributed by atoms with Crippen molar-refractivity contribution < 1.29 is 33.2 Å². The van der Waals surface area contributed by atoms with Gasteiger partial charge < -0.3 is 29.9 Å². The first-order valence-corrected chi connectivity index (χ1v) is 14.0. The molecule has 4 atom stereocenters. The van der Waals surface area contributed by atoms with Crippen molar-refractivity contribution >= 4 is 23.5 Å². The lowest BCUT2D eigenvalue weighted by molar-refractivity contribution is -0.133. The number of ketones is 1. The number of nitrogens with one attached hydrogen (secondary N) is 4. The first-order valence-electron chi connectivity index (χ1n) is 14.0. The maximum atomic E-state index is 13.6. The van der Waals surface area contributed by atoms with Gasteiger partial charge in [-0.25, -0.2) is 4.98 Å². The number of aromatic nitrogens is 4. The van der Waals surface area contributed by atoms with Crippen molar-refractivity contribution in [2.45, 2.75) is 63.8 Å². The minimum absolute atomic E-state index is 0.0483. The van der Waals surface area contributed by atoms with Gasteiger partial charge in [0.05, 0.1) is 25.7 Å². The molecule has 3 unspecified atom stereocenters. The van der Waals surface area contributed by atoms with Crippen LogP contribution in [0.3, 0.4) is 0 Å². The van der Waals surface area contributed by atoms with E-state index in [1.54, 1.807) is 6.92 Å². The van der Waals surface area contributed by atoms with Crippen molar-refractivity contribution in [3.05, 3.63) is 65.6 Å². The first kappa shape index (κ1) is 31.5. The minimum atomic E-state index is -1.16. The van der Waals surface area contributed by atoms with Gasteiger partial charge in [-0.2, -0.15) is 5.10 Å². The maximum Gasteiger partial charge on any atom is 0.274 e. The largest absolute Gasteiger partial charge is 0.382 e. The molecule has 1 fully saturated rings. The van der Waals surface area contributed by atoms with Crippen LogP contribution in [0.1, 0.15) is 54.8 Å². The van der Waals surface area contributed by atoms with Gasteiger partial charge in [-0.3, -0.25) is 24.3 Å². The molecule has 1 aliphatic rings. The number of benzene rings is 1. The molecular weight excluding hydrogens is 558 g/mol. The Morgan fingerprint density at radius 2 is 1.74 bits per heavy atom. The molecule has 3 amide bonds. The number of carbonyl (C=O) groups excluding carboxylic acids is 4. The summed E-state index contributed by atoms with van der Waals surface area (Å²) in [6.45, 7) is 5.73. The van der Waals surface area contributed by atoms with E-state index in [1.807, 2.05) is 44.2 Å². The Labute approximate surface area is 248 Å². The Balaban J connectivity index is 1.47. The fraction of sp³-hybridized carbons (Fsp3) is 0.483. The van der Waals surface area contributed by atoms with Crippen LogP contribution in [0.4, 0.5) is 0 Å². The molecule has 14 nitrogen and oxygen atoms in total.